The van der Waals surface area contributed by atoms with Crippen molar-refractivity contribution in [3.8, 4) is 5.75 Å². The van der Waals surface area contributed by atoms with Crippen molar-refractivity contribution in [1.82, 2.24) is 0 Å². The fourth-order valence-electron chi connectivity index (χ4n) is 2.97. The molecule has 2 aromatic rings. The van der Waals surface area contributed by atoms with Gasteiger partial charge in [0.05, 0.1) is 12.2 Å². The van der Waals surface area contributed by atoms with Gasteiger partial charge in [-0.3, -0.25) is 4.79 Å². The number of benzene rings is 2. The predicted molar refractivity (Wildman–Crippen MR) is 99.6 cm³/mol. The van der Waals surface area contributed by atoms with Gasteiger partial charge < -0.3 is 14.8 Å². The van der Waals surface area contributed by atoms with E-state index in [-0.39, 0.29) is 12.5 Å². The molecule has 136 valence electrons. The number of carbonyl (C=O) groups is 2. The summed E-state index contributed by atoms with van der Waals surface area (Å²) in [6.07, 6.45) is 4.23. The Balaban J connectivity index is 1.48. The second-order valence-corrected chi connectivity index (χ2v) is 6.33. The molecule has 5 heteroatoms. The summed E-state index contributed by atoms with van der Waals surface area (Å²) in [5.41, 5.74) is 3.76. The molecule has 1 N–H and O–H groups in total. The smallest absolute Gasteiger partial charge is 0.338 e. The van der Waals surface area contributed by atoms with Crippen LogP contribution >= 0.6 is 0 Å². The summed E-state index contributed by atoms with van der Waals surface area (Å²) in [6, 6.07) is 12.6. The third-order valence-corrected chi connectivity index (χ3v) is 4.28. The van der Waals surface area contributed by atoms with E-state index in [4.69, 9.17) is 9.47 Å². The van der Waals surface area contributed by atoms with Crippen LogP contribution in [0.5, 0.6) is 5.75 Å². The molecule has 0 saturated heterocycles. The molecule has 0 unspecified atom stereocenters. The van der Waals surface area contributed by atoms with Gasteiger partial charge in [0.2, 0.25) is 0 Å². The molecule has 1 aliphatic carbocycles. The fourth-order valence-corrected chi connectivity index (χ4v) is 2.97. The van der Waals surface area contributed by atoms with Crippen molar-refractivity contribution in [2.24, 2.45) is 0 Å². The number of fused-ring (bicyclic) bond motifs is 1. The normalized spacial score (nSPS) is 12.3. The zero-order valence-corrected chi connectivity index (χ0v) is 14.9. The molecule has 3 rings (SSSR count). The van der Waals surface area contributed by atoms with Crippen LogP contribution in [0, 0.1) is 0 Å². The molecular weight excluding hydrogens is 330 g/mol. The summed E-state index contributed by atoms with van der Waals surface area (Å²) in [5, 5.41) is 2.77. The van der Waals surface area contributed by atoms with Crippen LogP contribution in [0.4, 0.5) is 5.69 Å². The van der Waals surface area contributed by atoms with Gasteiger partial charge in [-0.2, -0.15) is 0 Å². The number of carbonyl (C=O) groups excluding carboxylic acids is 2. The van der Waals surface area contributed by atoms with Gasteiger partial charge in [-0.25, -0.2) is 4.79 Å². The molecule has 0 aromatic heterocycles. The maximum Gasteiger partial charge on any atom is 0.338 e. The first-order valence-corrected chi connectivity index (χ1v) is 8.97. The lowest BCUT2D eigenvalue weighted by atomic mass is 10.1. The summed E-state index contributed by atoms with van der Waals surface area (Å²) in [4.78, 5) is 24.0. The van der Waals surface area contributed by atoms with E-state index < -0.39 is 5.97 Å². The van der Waals surface area contributed by atoms with E-state index in [2.05, 4.69) is 5.32 Å². The number of amides is 1. The molecule has 2 aromatic carbocycles. The third kappa shape index (κ3) is 4.63. The summed E-state index contributed by atoms with van der Waals surface area (Å²) < 4.78 is 10.6. The molecule has 0 fully saturated rings. The van der Waals surface area contributed by atoms with E-state index >= 15 is 0 Å². The topological polar surface area (TPSA) is 64.6 Å². The van der Waals surface area contributed by atoms with Gasteiger partial charge in [-0.15, -0.1) is 0 Å². The molecule has 26 heavy (non-hydrogen) atoms. The zero-order chi connectivity index (χ0) is 18.4. The van der Waals surface area contributed by atoms with Crippen molar-refractivity contribution < 1.29 is 19.1 Å². The van der Waals surface area contributed by atoms with Crippen molar-refractivity contribution in [3.05, 3.63) is 59.2 Å². The first-order valence-electron chi connectivity index (χ1n) is 8.97. The Morgan fingerprint density at radius 3 is 2.58 bits per heavy atom. The predicted octanol–water partition coefficient (Wildman–Crippen LogP) is 3.76. The highest BCUT2D eigenvalue weighted by atomic mass is 16.5. The molecule has 0 spiro atoms. The lowest BCUT2D eigenvalue weighted by Gasteiger charge is -2.09. The lowest BCUT2D eigenvalue weighted by molar-refractivity contribution is -0.119. The van der Waals surface area contributed by atoms with E-state index in [1.165, 1.54) is 11.1 Å². The van der Waals surface area contributed by atoms with Crippen LogP contribution in [-0.4, -0.2) is 25.1 Å². The highest BCUT2D eigenvalue weighted by Gasteiger charge is 2.13. The second kappa shape index (κ2) is 8.52. The minimum atomic E-state index is -0.531. The van der Waals surface area contributed by atoms with Crippen molar-refractivity contribution >= 4 is 17.6 Å². The summed E-state index contributed by atoms with van der Waals surface area (Å²) in [7, 11) is 0. The standard InChI is InChI=1S/C21H23NO4/c1-2-12-25-19-10-7-16(8-11-19)21(24)26-14-20(23)22-18-9-6-15-4-3-5-17(15)13-18/h6-11,13H,2-5,12,14H2,1H3,(H,22,23). The summed E-state index contributed by atoms with van der Waals surface area (Å²) in [5.74, 6) is -0.173. The van der Waals surface area contributed by atoms with Crippen LogP contribution in [0.1, 0.15) is 41.3 Å². The van der Waals surface area contributed by atoms with Crippen LogP contribution in [0.2, 0.25) is 0 Å². The molecule has 0 saturated carbocycles. The first kappa shape index (κ1) is 18.0. The van der Waals surface area contributed by atoms with E-state index in [1.54, 1.807) is 24.3 Å². The highest BCUT2D eigenvalue weighted by Crippen LogP contribution is 2.24. The van der Waals surface area contributed by atoms with E-state index in [0.29, 0.717) is 17.9 Å². The average molecular weight is 353 g/mol. The maximum absolute atomic E-state index is 12.0. The summed E-state index contributed by atoms with van der Waals surface area (Å²) in [6.45, 7) is 2.34. The number of hydrogen-bond donors (Lipinski definition) is 1. The van der Waals surface area contributed by atoms with Crippen molar-refractivity contribution in [1.29, 1.82) is 0 Å². The van der Waals surface area contributed by atoms with Crippen molar-refractivity contribution in [2.45, 2.75) is 32.6 Å². The molecule has 1 amide bonds. The number of esters is 1. The van der Waals surface area contributed by atoms with Gasteiger partial charge in [0, 0.05) is 5.69 Å². The summed E-state index contributed by atoms with van der Waals surface area (Å²) >= 11 is 0. The van der Waals surface area contributed by atoms with Crippen LogP contribution in [0.25, 0.3) is 0 Å². The Morgan fingerprint density at radius 2 is 1.81 bits per heavy atom. The van der Waals surface area contributed by atoms with Gasteiger partial charge in [0.1, 0.15) is 5.75 Å². The molecule has 0 bridgehead atoms. The largest absolute Gasteiger partial charge is 0.494 e. The monoisotopic (exact) mass is 353 g/mol. The lowest BCUT2D eigenvalue weighted by Crippen LogP contribution is -2.21. The highest BCUT2D eigenvalue weighted by molar-refractivity contribution is 5.95. The molecule has 0 radical (unpaired) electrons. The Hall–Kier alpha value is -2.82. The minimum absolute atomic E-state index is 0.315. The molecule has 0 heterocycles. The van der Waals surface area contributed by atoms with Gasteiger partial charge in [-0.05, 0) is 73.2 Å². The van der Waals surface area contributed by atoms with E-state index in [9.17, 15) is 9.59 Å². The Labute approximate surface area is 153 Å². The number of anilines is 1. The van der Waals surface area contributed by atoms with Gasteiger partial charge in [0.15, 0.2) is 6.61 Å². The van der Waals surface area contributed by atoms with Crippen molar-refractivity contribution in [2.75, 3.05) is 18.5 Å². The number of ether oxygens (including phenoxy) is 2. The number of aryl methyl sites for hydroxylation is 2. The van der Waals surface area contributed by atoms with Gasteiger partial charge in [0.25, 0.3) is 5.91 Å². The number of rotatable bonds is 7. The van der Waals surface area contributed by atoms with Gasteiger partial charge >= 0.3 is 5.97 Å². The Morgan fingerprint density at radius 1 is 1.04 bits per heavy atom. The van der Waals surface area contributed by atoms with Crippen LogP contribution < -0.4 is 10.1 Å². The molecule has 1 aliphatic rings. The molecular formula is C21H23NO4. The van der Waals surface area contributed by atoms with Crippen LogP contribution in [0.15, 0.2) is 42.5 Å². The molecule has 0 atom stereocenters. The van der Waals surface area contributed by atoms with Gasteiger partial charge in [-0.1, -0.05) is 13.0 Å². The first-order chi connectivity index (χ1) is 12.7. The second-order valence-electron chi connectivity index (χ2n) is 6.33. The zero-order valence-electron chi connectivity index (χ0n) is 14.9. The SMILES string of the molecule is CCCOc1ccc(C(=O)OCC(=O)Nc2ccc3c(c2)CCC3)cc1. The fraction of sp³-hybridized carbons (Fsp3) is 0.333. The Kier molecular flexibility index (Phi) is 5.89. The Bertz CT molecular complexity index is 783. The average Bonchev–Trinajstić information content (AvgIpc) is 3.12. The maximum atomic E-state index is 12.0. The minimum Gasteiger partial charge on any atom is -0.494 e. The van der Waals surface area contributed by atoms with E-state index in [0.717, 1.165) is 31.4 Å². The molecule has 5 nitrogen and oxygen atoms in total. The third-order valence-electron chi connectivity index (χ3n) is 4.28. The van der Waals surface area contributed by atoms with E-state index in [1.807, 2.05) is 25.1 Å². The quantitative estimate of drug-likeness (QED) is 0.770. The number of nitrogens with one attached hydrogen (secondary N) is 1. The van der Waals surface area contributed by atoms with Crippen LogP contribution in [-0.2, 0) is 22.4 Å². The van der Waals surface area contributed by atoms with Crippen LogP contribution in [0.3, 0.4) is 0 Å². The molecule has 0 aliphatic heterocycles. The van der Waals surface area contributed by atoms with Crippen molar-refractivity contribution in [3.63, 3.8) is 0 Å². The number of hydrogen-bond acceptors (Lipinski definition) is 4.